The molecule has 0 aliphatic heterocycles. The van der Waals surface area contributed by atoms with Gasteiger partial charge >= 0.3 is 0 Å². The first-order chi connectivity index (χ1) is 8.25. The van der Waals surface area contributed by atoms with Gasteiger partial charge in [-0.3, -0.25) is 0 Å². The van der Waals surface area contributed by atoms with Crippen LogP contribution in [0.2, 0.25) is 0 Å². The lowest BCUT2D eigenvalue weighted by Gasteiger charge is -2.07. The Hall–Kier alpha value is -1.42. The van der Waals surface area contributed by atoms with Crippen molar-refractivity contribution in [2.24, 2.45) is 0 Å². The van der Waals surface area contributed by atoms with E-state index in [9.17, 15) is 0 Å². The molecular weight excluding hydrogens is 280 g/mol. The van der Waals surface area contributed by atoms with Gasteiger partial charge in [0, 0.05) is 18.8 Å². The van der Waals surface area contributed by atoms with Gasteiger partial charge in [-0.2, -0.15) is 0 Å². The average molecular weight is 293 g/mol. The maximum atomic E-state index is 5.68. The molecule has 0 radical (unpaired) electrons. The van der Waals surface area contributed by atoms with Crippen molar-refractivity contribution >= 4 is 15.9 Å². The average Bonchev–Trinajstić information content (AvgIpc) is 2.34. The van der Waals surface area contributed by atoms with E-state index in [1.807, 2.05) is 31.2 Å². The summed E-state index contributed by atoms with van der Waals surface area (Å²) in [5, 5.41) is 0. The molecule has 0 unspecified atom stereocenters. The lowest BCUT2D eigenvalue weighted by atomic mass is 10.2. The molecule has 3 nitrogen and oxygen atoms in total. The van der Waals surface area contributed by atoms with E-state index < -0.39 is 0 Å². The summed E-state index contributed by atoms with van der Waals surface area (Å²) in [5.74, 6) is 1.71. The summed E-state index contributed by atoms with van der Waals surface area (Å²) in [6.07, 6.45) is 4.20. The molecule has 0 aliphatic rings. The van der Waals surface area contributed by atoms with Gasteiger partial charge in [0.2, 0.25) is 0 Å². The summed E-state index contributed by atoms with van der Waals surface area (Å²) in [5.41, 5.74) is 1.14. The number of hydrogen-bond donors (Lipinski definition) is 0. The second-order valence-corrected chi connectivity index (χ2v) is 4.60. The number of benzene rings is 1. The molecule has 0 saturated carbocycles. The Morgan fingerprint density at radius 2 is 1.88 bits per heavy atom. The molecule has 0 spiro atoms. The zero-order valence-corrected chi connectivity index (χ0v) is 11.1. The molecule has 1 aromatic heterocycles. The third kappa shape index (κ3) is 3.53. The fourth-order valence-corrected chi connectivity index (χ4v) is 1.64. The molecule has 0 fully saturated rings. The maximum absolute atomic E-state index is 5.68. The SMILES string of the molecule is Cc1ccccc1OCCc1ncc(Br)cn1. The Morgan fingerprint density at radius 1 is 1.18 bits per heavy atom. The van der Waals surface area contributed by atoms with E-state index in [4.69, 9.17) is 4.74 Å². The monoisotopic (exact) mass is 292 g/mol. The largest absolute Gasteiger partial charge is 0.493 e. The highest BCUT2D eigenvalue weighted by Gasteiger charge is 2.00. The number of para-hydroxylation sites is 1. The number of ether oxygens (including phenoxy) is 1. The van der Waals surface area contributed by atoms with E-state index in [1.165, 1.54) is 0 Å². The lowest BCUT2D eigenvalue weighted by molar-refractivity contribution is 0.316. The van der Waals surface area contributed by atoms with Gasteiger partial charge < -0.3 is 4.74 Å². The van der Waals surface area contributed by atoms with Crippen LogP contribution < -0.4 is 4.74 Å². The van der Waals surface area contributed by atoms with E-state index in [2.05, 4.69) is 25.9 Å². The molecular formula is C13H13BrN2O. The first-order valence-corrected chi connectivity index (χ1v) is 6.20. The van der Waals surface area contributed by atoms with Gasteiger partial charge in [-0.25, -0.2) is 9.97 Å². The first-order valence-electron chi connectivity index (χ1n) is 5.40. The van der Waals surface area contributed by atoms with Crippen LogP contribution in [-0.4, -0.2) is 16.6 Å². The third-order valence-corrected chi connectivity index (χ3v) is 2.76. The van der Waals surface area contributed by atoms with Crippen molar-refractivity contribution in [2.75, 3.05) is 6.61 Å². The van der Waals surface area contributed by atoms with Crippen LogP contribution in [0.3, 0.4) is 0 Å². The second kappa shape index (κ2) is 5.77. The minimum atomic E-state index is 0.590. The van der Waals surface area contributed by atoms with Crippen LogP contribution >= 0.6 is 15.9 Å². The minimum Gasteiger partial charge on any atom is -0.493 e. The molecule has 4 heteroatoms. The fraction of sp³-hybridized carbons (Fsp3) is 0.231. The van der Waals surface area contributed by atoms with Crippen molar-refractivity contribution in [3.8, 4) is 5.75 Å². The van der Waals surface area contributed by atoms with Gasteiger partial charge in [-0.1, -0.05) is 18.2 Å². The molecule has 0 atom stereocenters. The number of halogens is 1. The van der Waals surface area contributed by atoms with Crippen LogP contribution in [0, 0.1) is 6.92 Å². The Morgan fingerprint density at radius 3 is 2.59 bits per heavy atom. The van der Waals surface area contributed by atoms with Gasteiger partial charge in [0.25, 0.3) is 0 Å². The van der Waals surface area contributed by atoms with Gasteiger partial charge in [0.15, 0.2) is 0 Å². The van der Waals surface area contributed by atoms with E-state index in [0.717, 1.165) is 21.6 Å². The zero-order valence-electron chi connectivity index (χ0n) is 9.56. The fourth-order valence-electron chi connectivity index (χ4n) is 1.44. The molecule has 0 saturated heterocycles. The minimum absolute atomic E-state index is 0.590. The molecule has 0 amide bonds. The van der Waals surface area contributed by atoms with E-state index in [-0.39, 0.29) is 0 Å². The Kier molecular flexibility index (Phi) is 4.09. The number of aromatic nitrogens is 2. The molecule has 88 valence electrons. The van der Waals surface area contributed by atoms with Crippen molar-refractivity contribution in [3.05, 3.63) is 52.5 Å². The molecule has 0 N–H and O–H groups in total. The number of rotatable bonds is 4. The zero-order chi connectivity index (χ0) is 12.1. The van der Waals surface area contributed by atoms with Crippen molar-refractivity contribution in [3.63, 3.8) is 0 Å². The Labute approximate surface area is 109 Å². The molecule has 0 bridgehead atoms. The van der Waals surface area contributed by atoms with Crippen molar-refractivity contribution in [1.82, 2.24) is 9.97 Å². The molecule has 1 aromatic carbocycles. The number of aryl methyl sites for hydroxylation is 1. The molecule has 17 heavy (non-hydrogen) atoms. The standard InChI is InChI=1S/C13H13BrN2O/c1-10-4-2-3-5-12(10)17-7-6-13-15-8-11(14)9-16-13/h2-5,8-9H,6-7H2,1H3. The van der Waals surface area contributed by atoms with Crippen molar-refractivity contribution in [1.29, 1.82) is 0 Å². The highest BCUT2D eigenvalue weighted by Crippen LogP contribution is 2.16. The highest BCUT2D eigenvalue weighted by molar-refractivity contribution is 9.10. The van der Waals surface area contributed by atoms with Gasteiger partial charge in [-0.15, -0.1) is 0 Å². The van der Waals surface area contributed by atoms with Crippen LogP contribution in [0.25, 0.3) is 0 Å². The highest BCUT2D eigenvalue weighted by atomic mass is 79.9. The Balaban J connectivity index is 1.88. The second-order valence-electron chi connectivity index (χ2n) is 3.68. The first kappa shape index (κ1) is 12.0. The van der Waals surface area contributed by atoms with E-state index >= 15 is 0 Å². The van der Waals surface area contributed by atoms with E-state index in [0.29, 0.717) is 13.0 Å². The van der Waals surface area contributed by atoms with Crippen LogP contribution in [0.5, 0.6) is 5.75 Å². The lowest BCUT2D eigenvalue weighted by Crippen LogP contribution is -2.05. The number of hydrogen-bond acceptors (Lipinski definition) is 3. The van der Waals surface area contributed by atoms with Gasteiger partial charge in [0.05, 0.1) is 11.1 Å². The summed E-state index contributed by atoms with van der Waals surface area (Å²) in [7, 11) is 0. The summed E-state index contributed by atoms with van der Waals surface area (Å²) < 4.78 is 6.57. The third-order valence-electron chi connectivity index (χ3n) is 2.35. The number of nitrogens with zero attached hydrogens (tertiary/aromatic N) is 2. The van der Waals surface area contributed by atoms with Crippen molar-refractivity contribution < 1.29 is 4.74 Å². The molecule has 2 aromatic rings. The summed E-state index contributed by atoms with van der Waals surface area (Å²) >= 11 is 3.30. The Bertz CT molecular complexity index is 485. The topological polar surface area (TPSA) is 35.0 Å². The van der Waals surface area contributed by atoms with Crippen molar-refractivity contribution in [2.45, 2.75) is 13.3 Å². The van der Waals surface area contributed by atoms with Crippen LogP contribution in [0.1, 0.15) is 11.4 Å². The van der Waals surface area contributed by atoms with Crippen LogP contribution in [-0.2, 0) is 6.42 Å². The van der Waals surface area contributed by atoms with Crippen LogP contribution in [0.4, 0.5) is 0 Å². The molecule has 1 heterocycles. The van der Waals surface area contributed by atoms with Crippen LogP contribution in [0.15, 0.2) is 41.1 Å². The smallest absolute Gasteiger partial charge is 0.131 e. The predicted molar refractivity (Wildman–Crippen MR) is 70.1 cm³/mol. The summed E-state index contributed by atoms with van der Waals surface area (Å²) in [6, 6.07) is 7.97. The predicted octanol–water partition coefficient (Wildman–Crippen LogP) is 3.17. The maximum Gasteiger partial charge on any atom is 0.131 e. The normalized spacial score (nSPS) is 10.2. The quantitative estimate of drug-likeness (QED) is 0.868. The van der Waals surface area contributed by atoms with Gasteiger partial charge in [-0.05, 0) is 34.5 Å². The van der Waals surface area contributed by atoms with E-state index in [1.54, 1.807) is 12.4 Å². The summed E-state index contributed by atoms with van der Waals surface area (Å²) in [4.78, 5) is 8.39. The molecule has 2 rings (SSSR count). The molecule has 0 aliphatic carbocycles. The summed E-state index contributed by atoms with van der Waals surface area (Å²) in [6.45, 7) is 2.62. The van der Waals surface area contributed by atoms with Gasteiger partial charge in [0.1, 0.15) is 11.6 Å².